The number of carbonyl (C=O) groups excluding carboxylic acids is 1. The van der Waals surface area contributed by atoms with Gasteiger partial charge in [-0.1, -0.05) is 18.2 Å². The van der Waals surface area contributed by atoms with Gasteiger partial charge in [0.25, 0.3) is 5.56 Å². The molecule has 0 atom stereocenters. The zero-order valence-electron chi connectivity index (χ0n) is 20.9. The summed E-state index contributed by atoms with van der Waals surface area (Å²) in [7, 11) is 6.11. The molecule has 0 aliphatic heterocycles. The van der Waals surface area contributed by atoms with Gasteiger partial charge in [0.2, 0.25) is 17.5 Å². The molecule has 37 heavy (non-hydrogen) atoms. The number of nitrogens with zero attached hydrogens (tertiary/aromatic N) is 1. The summed E-state index contributed by atoms with van der Waals surface area (Å²) in [5.74, 6) is 0.628. The Hall–Kier alpha value is -4.54. The number of nitrogens with one attached hydrogen (secondary N) is 2. The van der Waals surface area contributed by atoms with Crippen LogP contribution in [-0.2, 0) is 11.3 Å². The molecule has 3 rings (SSSR count). The van der Waals surface area contributed by atoms with Crippen LogP contribution in [0.3, 0.4) is 0 Å². The van der Waals surface area contributed by atoms with Crippen LogP contribution >= 0.6 is 0 Å². The maximum absolute atomic E-state index is 13.4. The van der Waals surface area contributed by atoms with E-state index in [0.717, 1.165) is 21.9 Å². The Bertz CT molecular complexity index is 1390. The normalized spacial score (nSPS) is 10.8. The number of benzene rings is 2. The molecular weight excluding hydrogens is 485 g/mol. The van der Waals surface area contributed by atoms with Crippen molar-refractivity contribution >= 4 is 23.7 Å². The average molecular weight is 514 g/mol. The van der Waals surface area contributed by atoms with Crippen LogP contribution in [0.1, 0.15) is 24.0 Å². The van der Waals surface area contributed by atoms with Crippen LogP contribution in [0.25, 0.3) is 12.2 Å². The summed E-state index contributed by atoms with van der Waals surface area (Å²) in [6.45, 7) is 0.0641. The number of methoxy groups -OCH3 is 4. The minimum atomic E-state index is -1.08. The SMILES string of the molecule is COc1ccc(C=Cc2cc(OC)c(OC)c(OC)c2)cc1NC(=O)CCCn1cc(F)c(=O)[nH]c1=O. The van der Waals surface area contributed by atoms with Crippen molar-refractivity contribution in [2.24, 2.45) is 0 Å². The predicted molar refractivity (Wildman–Crippen MR) is 137 cm³/mol. The first-order valence-electron chi connectivity index (χ1n) is 11.2. The van der Waals surface area contributed by atoms with Crippen LogP contribution in [0.15, 0.2) is 46.1 Å². The fourth-order valence-electron chi connectivity index (χ4n) is 3.59. The van der Waals surface area contributed by atoms with Crippen molar-refractivity contribution < 1.29 is 28.1 Å². The molecule has 1 amide bonds. The Kier molecular flexibility index (Phi) is 9.09. The summed E-state index contributed by atoms with van der Waals surface area (Å²) in [5.41, 5.74) is 0.252. The standard InChI is InChI=1S/C26H28FN3O7/c1-34-20-10-9-16(7-8-17-13-21(35-2)24(37-4)22(14-17)36-3)12-19(20)28-23(31)6-5-11-30-15-18(27)25(32)29-26(30)33/h7-10,12-15H,5-6,11H2,1-4H3,(H,28,31)(H,29,32,33). The van der Waals surface area contributed by atoms with E-state index in [2.05, 4.69) is 5.32 Å². The fourth-order valence-corrected chi connectivity index (χ4v) is 3.59. The van der Waals surface area contributed by atoms with Crippen molar-refractivity contribution in [2.75, 3.05) is 33.8 Å². The van der Waals surface area contributed by atoms with Gasteiger partial charge in [0, 0.05) is 13.0 Å². The highest BCUT2D eigenvalue weighted by Crippen LogP contribution is 2.38. The molecule has 2 aromatic carbocycles. The molecule has 0 unspecified atom stereocenters. The summed E-state index contributed by atoms with van der Waals surface area (Å²) < 4.78 is 35.9. The lowest BCUT2D eigenvalue weighted by Crippen LogP contribution is -2.31. The number of rotatable bonds is 11. The number of carbonyl (C=O) groups is 1. The van der Waals surface area contributed by atoms with Gasteiger partial charge in [-0.2, -0.15) is 4.39 Å². The molecule has 10 nitrogen and oxygen atoms in total. The van der Waals surface area contributed by atoms with Gasteiger partial charge in [-0.05, 0) is 41.8 Å². The number of aryl methyl sites for hydroxylation is 1. The lowest BCUT2D eigenvalue weighted by molar-refractivity contribution is -0.116. The summed E-state index contributed by atoms with van der Waals surface area (Å²) in [6, 6.07) is 8.94. The number of aromatic amines is 1. The van der Waals surface area contributed by atoms with E-state index in [9.17, 15) is 18.8 Å². The molecule has 2 N–H and O–H groups in total. The molecule has 11 heteroatoms. The van der Waals surface area contributed by atoms with Gasteiger partial charge >= 0.3 is 5.69 Å². The van der Waals surface area contributed by atoms with E-state index >= 15 is 0 Å². The van der Waals surface area contributed by atoms with Gasteiger partial charge < -0.3 is 24.3 Å². The van der Waals surface area contributed by atoms with Crippen molar-refractivity contribution in [1.29, 1.82) is 0 Å². The molecule has 0 radical (unpaired) electrons. The van der Waals surface area contributed by atoms with Crippen LogP contribution in [0.5, 0.6) is 23.0 Å². The van der Waals surface area contributed by atoms with Crippen molar-refractivity contribution in [3.63, 3.8) is 0 Å². The number of anilines is 1. The Morgan fingerprint density at radius 3 is 2.22 bits per heavy atom. The second-order valence-electron chi connectivity index (χ2n) is 7.83. The van der Waals surface area contributed by atoms with Gasteiger partial charge in [-0.25, -0.2) is 4.79 Å². The van der Waals surface area contributed by atoms with Crippen molar-refractivity contribution in [3.05, 3.63) is 74.3 Å². The first-order chi connectivity index (χ1) is 17.8. The Morgan fingerprint density at radius 2 is 1.59 bits per heavy atom. The van der Waals surface area contributed by atoms with Gasteiger partial charge in [0.1, 0.15) is 5.75 Å². The molecule has 0 spiro atoms. The summed E-state index contributed by atoms with van der Waals surface area (Å²) in [6.07, 6.45) is 4.85. The smallest absolute Gasteiger partial charge is 0.328 e. The monoisotopic (exact) mass is 513 g/mol. The van der Waals surface area contributed by atoms with E-state index in [-0.39, 0.29) is 25.3 Å². The van der Waals surface area contributed by atoms with Crippen molar-refractivity contribution in [2.45, 2.75) is 19.4 Å². The fraction of sp³-hybridized carbons (Fsp3) is 0.269. The van der Waals surface area contributed by atoms with E-state index in [1.54, 1.807) is 26.4 Å². The highest BCUT2D eigenvalue weighted by Gasteiger charge is 2.13. The molecule has 0 saturated heterocycles. The van der Waals surface area contributed by atoms with E-state index in [1.165, 1.54) is 14.2 Å². The second-order valence-corrected chi connectivity index (χ2v) is 7.83. The number of H-pyrrole nitrogens is 1. The number of aromatic nitrogens is 2. The summed E-state index contributed by atoms with van der Waals surface area (Å²) >= 11 is 0. The molecule has 196 valence electrons. The van der Waals surface area contributed by atoms with Crippen LogP contribution in [0.4, 0.5) is 10.1 Å². The number of hydrogen-bond donors (Lipinski definition) is 2. The second kappa shape index (κ2) is 12.4. The van der Waals surface area contributed by atoms with Crippen LogP contribution < -0.4 is 35.5 Å². The topological polar surface area (TPSA) is 121 Å². The van der Waals surface area contributed by atoms with E-state index in [0.29, 0.717) is 28.7 Å². The lowest BCUT2D eigenvalue weighted by atomic mass is 10.1. The maximum Gasteiger partial charge on any atom is 0.328 e. The molecule has 1 heterocycles. The maximum atomic E-state index is 13.4. The first kappa shape index (κ1) is 27.1. The van der Waals surface area contributed by atoms with E-state index < -0.39 is 17.1 Å². The molecule has 0 aliphatic carbocycles. The summed E-state index contributed by atoms with van der Waals surface area (Å²) in [4.78, 5) is 37.3. The molecular formula is C26H28FN3O7. The molecule has 0 saturated carbocycles. The third-order valence-electron chi connectivity index (χ3n) is 5.42. The lowest BCUT2D eigenvalue weighted by Gasteiger charge is -2.13. The first-order valence-corrected chi connectivity index (χ1v) is 11.2. The van der Waals surface area contributed by atoms with E-state index in [1.807, 2.05) is 35.3 Å². The van der Waals surface area contributed by atoms with Crippen LogP contribution in [0, 0.1) is 5.82 Å². The zero-order chi connectivity index (χ0) is 26.9. The number of hydrogen-bond acceptors (Lipinski definition) is 7. The molecule has 0 aliphatic rings. The van der Waals surface area contributed by atoms with Gasteiger partial charge in [-0.15, -0.1) is 0 Å². The predicted octanol–water partition coefficient (Wildman–Crippen LogP) is 3.30. The van der Waals surface area contributed by atoms with Gasteiger partial charge in [0.05, 0.1) is 40.3 Å². The Labute approximate surface area is 212 Å². The van der Waals surface area contributed by atoms with Gasteiger partial charge in [-0.3, -0.25) is 19.1 Å². The molecule has 1 aromatic heterocycles. The minimum Gasteiger partial charge on any atom is -0.495 e. The highest BCUT2D eigenvalue weighted by atomic mass is 19.1. The quantitative estimate of drug-likeness (QED) is 0.378. The summed E-state index contributed by atoms with van der Waals surface area (Å²) in [5, 5.41) is 2.80. The molecule has 0 fully saturated rings. The van der Waals surface area contributed by atoms with Crippen LogP contribution in [0.2, 0.25) is 0 Å². The highest BCUT2D eigenvalue weighted by molar-refractivity contribution is 5.93. The Balaban J connectivity index is 1.71. The van der Waals surface area contributed by atoms with Crippen molar-refractivity contribution in [1.82, 2.24) is 9.55 Å². The average Bonchev–Trinajstić information content (AvgIpc) is 2.89. The largest absolute Gasteiger partial charge is 0.495 e. The van der Waals surface area contributed by atoms with Gasteiger partial charge in [0.15, 0.2) is 11.5 Å². The Morgan fingerprint density at radius 1 is 0.946 bits per heavy atom. The molecule has 3 aromatic rings. The third-order valence-corrected chi connectivity index (χ3v) is 5.42. The van der Waals surface area contributed by atoms with Crippen LogP contribution in [-0.4, -0.2) is 43.9 Å². The third kappa shape index (κ3) is 6.78. The number of amides is 1. The zero-order valence-corrected chi connectivity index (χ0v) is 20.9. The number of ether oxygens (including phenoxy) is 4. The van der Waals surface area contributed by atoms with Crippen molar-refractivity contribution in [3.8, 4) is 23.0 Å². The number of halogens is 1. The minimum absolute atomic E-state index is 0.0574. The van der Waals surface area contributed by atoms with E-state index in [4.69, 9.17) is 18.9 Å². The molecule has 0 bridgehead atoms.